The first-order chi connectivity index (χ1) is 8.88. The van der Waals surface area contributed by atoms with E-state index in [0.717, 1.165) is 52.2 Å². The number of benzene rings is 1. The standard InChI is InChI=1S/C15H24N2O/c16-7-2-1-4-14-5-3-6-15(12-14)13-17-8-10-18-11-9-17/h3,5-6,12H,1-2,4,7-11,13,16H2. The molecule has 2 N–H and O–H groups in total. The van der Waals surface area contributed by atoms with Crippen LogP contribution in [0.2, 0.25) is 0 Å². The quantitative estimate of drug-likeness (QED) is 0.780. The molecule has 100 valence electrons. The number of hydrogen-bond donors (Lipinski definition) is 1. The SMILES string of the molecule is NCCCCc1cccc(CN2CCOCC2)c1. The van der Waals surface area contributed by atoms with Gasteiger partial charge >= 0.3 is 0 Å². The number of rotatable bonds is 6. The molecule has 1 aliphatic heterocycles. The average Bonchev–Trinajstić information content (AvgIpc) is 2.41. The maximum absolute atomic E-state index is 5.53. The van der Waals surface area contributed by atoms with Crippen LogP contribution >= 0.6 is 0 Å². The smallest absolute Gasteiger partial charge is 0.0594 e. The summed E-state index contributed by atoms with van der Waals surface area (Å²) in [6.45, 7) is 5.70. The third kappa shape index (κ3) is 4.41. The minimum absolute atomic E-state index is 0.799. The van der Waals surface area contributed by atoms with Crippen molar-refractivity contribution in [2.45, 2.75) is 25.8 Å². The average molecular weight is 248 g/mol. The maximum Gasteiger partial charge on any atom is 0.0594 e. The third-order valence-corrected chi connectivity index (χ3v) is 3.42. The van der Waals surface area contributed by atoms with Crippen LogP contribution in [0.25, 0.3) is 0 Å². The van der Waals surface area contributed by atoms with Gasteiger partial charge in [-0.3, -0.25) is 4.90 Å². The molecule has 0 bridgehead atoms. The van der Waals surface area contributed by atoms with E-state index in [1.165, 1.54) is 17.5 Å². The molecule has 0 amide bonds. The van der Waals surface area contributed by atoms with E-state index in [1.54, 1.807) is 0 Å². The number of ether oxygens (including phenoxy) is 1. The number of morpholine rings is 1. The molecule has 0 unspecified atom stereocenters. The lowest BCUT2D eigenvalue weighted by Crippen LogP contribution is -2.35. The Morgan fingerprint density at radius 3 is 2.67 bits per heavy atom. The maximum atomic E-state index is 5.53. The van der Waals surface area contributed by atoms with E-state index in [4.69, 9.17) is 10.5 Å². The second-order valence-electron chi connectivity index (χ2n) is 4.95. The Labute approximate surface area is 110 Å². The van der Waals surface area contributed by atoms with Gasteiger partial charge in [-0.25, -0.2) is 0 Å². The molecule has 0 radical (unpaired) electrons. The molecular weight excluding hydrogens is 224 g/mol. The van der Waals surface area contributed by atoms with Gasteiger partial charge in [-0.2, -0.15) is 0 Å². The summed E-state index contributed by atoms with van der Waals surface area (Å²) in [4.78, 5) is 2.46. The number of aryl methyl sites for hydroxylation is 1. The molecule has 0 spiro atoms. The summed E-state index contributed by atoms with van der Waals surface area (Å²) in [6, 6.07) is 8.96. The zero-order chi connectivity index (χ0) is 12.6. The van der Waals surface area contributed by atoms with Gasteiger partial charge in [0, 0.05) is 19.6 Å². The van der Waals surface area contributed by atoms with Gasteiger partial charge in [-0.05, 0) is 36.9 Å². The van der Waals surface area contributed by atoms with Crippen LogP contribution in [0.3, 0.4) is 0 Å². The van der Waals surface area contributed by atoms with E-state index in [2.05, 4.69) is 29.2 Å². The van der Waals surface area contributed by atoms with E-state index in [1.807, 2.05) is 0 Å². The van der Waals surface area contributed by atoms with E-state index in [-0.39, 0.29) is 0 Å². The molecule has 1 aromatic rings. The molecule has 1 aliphatic rings. The largest absolute Gasteiger partial charge is 0.379 e. The number of hydrogen-bond acceptors (Lipinski definition) is 3. The first-order valence-electron chi connectivity index (χ1n) is 6.96. The van der Waals surface area contributed by atoms with E-state index >= 15 is 0 Å². The highest BCUT2D eigenvalue weighted by molar-refractivity contribution is 5.23. The van der Waals surface area contributed by atoms with Crippen LogP contribution in [0.4, 0.5) is 0 Å². The van der Waals surface area contributed by atoms with Crippen molar-refractivity contribution >= 4 is 0 Å². The normalized spacial score (nSPS) is 16.9. The molecule has 2 rings (SSSR count). The van der Waals surface area contributed by atoms with Crippen LogP contribution in [-0.2, 0) is 17.7 Å². The highest BCUT2D eigenvalue weighted by atomic mass is 16.5. The molecule has 18 heavy (non-hydrogen) atoms. The molecule has 1 aromatic carbocycles. The van der Waals surface area contributed by atoms with E-state index in [9.17, 15) is 0 Å². The van der Waals surface area contributed by atoms with Gasteiger partial charge in [0.05, 0.1) is 13.2 Å². The fraction of sp³-hybridized carbons (Fsp3) is 0.600. The molecule has 0 atom stereocenters. The fourth-order valence-electron chi connectivity index (χ4n) is 2.37. The molecule has 1 saturated heterocycles. The van der Waals surface area contributed by atoms with Gasteiger partial charge in [-0.15, -0.1) is 0 Å². The molecule has 0 aliphatic carbocycles. The lowest BCUT2D eigenvalue weighted by molar-refractivity contribution is 0.0342. The van der Waals surface area contributed by atoms with Gasteiger partial charge < -0.3 is 10.5 Å². The number of nitrogens with zero attached hydrogens (tertiary/aromatic N) is 1. The van der Waals surface area contributed by atoms with Crippen molar-refractivity contribution in [1.82, 2.24) is 4.90 Å². The van der Waals surface area contributed by atoms with E-state index < -0.39 is 0 Å². The number of nitrogens with two attached hydrogens (primary N) is 1. The minimum Gasteiger partial charge on any atom is -0.379 e. The Bertz CT molecular complexity index is 348. The van der Waals surface area contributed by atoms with Crippen molar-refractivity contribution < 1.29 is 4.74 Å². The van der Waals surface area contributed by atoms with Crippen molar-refractivity contribution in [3.8, 4) is 0 Å². The summed E-state index contributed by atoms with van der Waals surface area (Å²) >= 11 is 0. The van der Waals surface area contributed by atoms with Crippen molar-refractivity contribution in [3.63, 3.8) is 0 Å². The Morgan fingerprint density at radius 2 is 1.89 bits per heavy atom. The minimum atomic E-state index is 0.799. The van der Waals surface area contributed by atoms with Crippen LogP contribution < -0.4 is 5.73 Å². The topological polar surface area (TPSA) is 38.5 Å². The molecule has 3 nitrogen and oxygen atoms in total. The van der Waals surface area contributed by atoms with Gasteiger partial charge in [0.1, 0.15) is 0 Å². The fourth-order valence-corrected chi connectivity index (χ4v) is 2.37. The Balaban J connectivity index is 1.85. The lowest BCUT2D eigenvalue weighted by Gasteiger charge is -2.26. The molecule has 1 heterocycles. The predicted molar refractivity (Wildman–Crippen MR) is 74.5 cm³/mol. The van der Waals surface area contributed by atoms with E-state index in [0.29, 0.717) is 0 Å². The monoisotopic (exact) mass is 248 g/mol. The second-order valence-corrected chi connectivity index (χ2v) is 4.95. The lowest BCUT2D eigenvalue weighted by atomic mass is 10.0. The molecule has 0 aromatic heterocycles. The summed E-state index contributed by atoms with van der Waals surface area (Å²) in [6.07, 6.45) is 3.46. The Morgan fingerprint density at radius 1 is 1.11 bits per heavy atom. The van der Waals surface area contributed by atoms with Gasteiger partial charge in [0.15, 0.2) is 0 Å². The molecule has 0 saturated carbocycles. The zero-order valence-corrected chi connectivity index (χ0v) is 11.1. The van der Waals surface area contributed by atoms with Crippen LogP contribution in [0.1, 0.15) is 24.0 Å². The first-order valence-corrected chi connectivity index (χ1v) is 6.96. The Kier molecular flexibility index (Phi) is 5.65. The van der Waals surface area contributed by atoms with Crippen LogP contribution in [0.5, 0.6) is 0 Å². The highest BCUT2D eigenvalue weighted by Crippen LogP contribution is 2.11. The van der Waals surface area contributed by atoms with Crippen molar-refractivity contribution in [1.29, 1.82) is 0 Å². The van der Waals surface area contributed by atoms with Crippen LogP contribution in [0, 0.1) is 0 Å². The summed E-state index contributed by atoms with van der Waals surface area (Å²) < 4.78 is 5.37. The van der Waals surface area contributed by atoms with Gasteiger partial charge in [0.25, 0.3) is 0 Å². The first kappa shape index (κ1) is 13.5. The summed E-state index contributed by atoms with van der Waals surface area (Å²) in [5, 5.41) is 0. The summed E-state index contributed by atoms with van der Waals surface area (Å²) in [5.74, 6) is 0. The Hall–Kier alpha value is -0.900. The van der Waals surface area contributed by atoms with Crippen LogP contribution in [-0.4, -0.2) is 37.7 Å². The van der Waals surface area contributed by atoms with Crippen molar-refractivity contribution in [2.75, 3.05) is 32.8 Å². The van der Waals surface area contributed by atoms with Gasteiger partial charge in [0.2, 0.25) is 0 Å². The predicted octanol–water partition coefficient (Wildman–Crippen LogP) is 1.80. The molecular formula is C15H24N2O. The molecule has 3 heteroatoms. The van der Waals surface area contributed by atoms with Crippen LogP contribution in [0.15, 0.2) is 24.3 Å². The van der Waals surface area contributed by atoms with Crippen molar-refractivity contribution in [2.24, 2.45) is 5.73 Å². The summed E-state index contributed by atoms with van der Waals surface area (Å²) in [7, 11) is 0. The third-order valence-electron chi connectivity index (χ3n) is 3.42. The zero-order valence-electron chi connectivity index (χ0n) is 11.1. The molecule has 1 fully saturated rings. The summed E-state index contributed by atoms with van der Waals surface area (Å²) in [5.41, 5.74) is 8.39. The van der Waals surface area contributed by atoms with Gasteiger partial charge in [-0.1, -0.05) is 24.3 Å². The highest BCUT2D eigenvalue weighted by Gasteiger charge is 2.10. The second kappa shape index (κ2) is 7.52. The van der Waals surface area contributed by atoms with Crippen molar-refractivity contribution in [3.05, 3.63) is 35.4 Å². The number of unbranched alkanes of at least 4 members (excludes halogenated alkanes) is 1.